The van der Waals surface area contributed by atoms with Gasteiger partial charge >= 0.3 is 0 Å². The van der Waals surface area contributed by atoms with E-state index in [2.05, 4.69) is 5.32 Å². The highest BCUT2D eigenvalue weighted by Crippen LogP contribution is 2.47. The fourth-order valence-electron chi connectivity index (χ4n) is 3.88. The first-order chi connectivity index (χ1) is 9.60. The van der Waals surface area contributed by atoms with Crippen LogP contribution in [0.1, 0.15) is 32.1 Å². The van der Waals surface area contributed by atoms with Crippen LogP contribution in [0.15, 0.2) is 24.3 Å². The van der Waals surface area contributed by atoms with E-state index < -0.39 is 0 Å². The van der Waals surface area contributed by atoms with Crippen molar-refractivity contribution in [3.05, 3.63) is 29.3 Å². The highest BCUT2D eigenvalue weighted by atomic mass is 35.5. The number of carbonyl (C=O) groups is 1. The summed E-state index contributed by atoms with van der Waals surface area (Å²) < 4.78 is 0. The van der Waals surface area contributed by atoms with E-state index in [1.165, 1.54) is 0 Å². The van der Waals surface area contributed by atoms with Crippen LogP contribution < -0.4 is 5.32 Å². The van der Waals surface area contributed by atoms with Crippen molar-refractivity contribution in [3.8, 4) is 0 Å². The summed E-state index contributed by atoms with van der Waals surface area (Å²) in [6.45, 7) is 0. The minimum atomic E-state index is -0.103. The molecule has 2 fully saturated rings. The molecule has 0 saturated heterocycles. The molecule has 0 bridgehead atoms. The molecule has 1 aromatic rings. The summed E-state index contributed by atoms with van der Waals surface area (Å²) in [5.74, 6) is 1.83. The first-order valence-electron chi connectivity index (χ1n) is 7.33. The van der Waals surface area contributed by atoms with E-state index in [-0.39, 0.29) is 12.0 Å². The molecule has 3 rings (SSSR count). The quantitative estimate of drug-likeness (QED) is 0.896. The van der Waals surface area contributed by atoms with E-state index in [0.717, 1.165) is 31.4 Å². The molecule has 2 saturated carbocycles. The van der Waals surface area contributed by atoms with Gasteiger partial charge in [-0.05, 0) is 67.7 Å². The summed E-state index contributed by atoms with van der Waals surface area (Å²) >= 11 is 5.82. The van der Waals surface area contributed by atoms with Crippen molar-refractivity contribution in [2.24, 2.45) is 17.8 Å². The number of rotatable bonds is 3. The molecule has 108 valence electrons. The number of fused-ring (bicyclic) bond motifs is 1. The molecule has 0 aromatic heterocycles. The molecule has 0 spiro atoms. The minimum absolute atomic E-state index is 0.0813. The van der Waals surface area contributed by atoms with Crippen LogP contribution in [0.25, 0.3) is 0 Å². The largest absolute Gasteiger partial charge is 0.393 e. The highest BCUT2D eigenvalue weighted by molar-refractivity contribution is 6.30. The predicted molar refractivity (Wildman–Crippen MR) is 79.6 cm³/mol. The lowest BCUT2D eigenvalue weighted by Gasteiger charge is -2.12. The van der Waals surface area contributed by atoms with Crippen LogP contribution in [-0.2, 0) is 4.79 Å². The van der Waals surface area contributed by atoms with Gasteiger partial charge in [-0.2, -0.15) is 0 Å². The van der Waals surface area contributed by atoms with E-state index in [1.54, 1.807) is 12.1 Å². The summed E-state index contributed by atoms with van der Waals surface area (Å²) in [6.07, 6.45) is 4.53. The van der Waals surface area contributed by atoms with Crippen molar-refractivity contribution < 1.29 is 9.90 Å². The van der Waals surface area contributed by atoms with Crippen LogP contribution in [-0.4, -0.2) is 17.1 Å². The summed E-state index contributed by atoms with van der Waals surface area (Å²) in [5, 5.41) is 13.2. The number of aliphatic hydroxyl groups excluding tert-OH is 1. The second-order valence-corrected chi connectivity index (χ2v) is 6.68. The van der Waals surface area contributed by atoms with E-state index in [1.807, 2.05) is 12.1 Å². The average Bonchev–Trinajstić information content (AvgIpc) is 2.88. The van der Waals surface area contributed by atoms with Crippen molar-refractivity contribution >= 4 is 23.2 Å². The molecule has 2 N–H and O–H groups in total. The van der Waals surface area contributed by atoms with Gasteiger partial charge < -0.3 is 10.4 Å². The Labute approximate surface area is 124 Å². The molecule has 0 radical (unpaired) electrons. The minimum Gasteiger partial charge on any atom is -0.393 e. The monoisotopic (exact) mass is 293 g/mol. The fourth-order valence-corrected chi connectivity index (χ4v) is 4.01. The van der Waals surface area contributed by atoms with Gasteiger partial charge in [-0.3, -0.25) is 4.79 Å². The number of benzene rings is 1. The summed E-state index contributed by atoms with van der Waals surface area (Å²) in [4.78, 5) is 12.0. The Bertz CT molecular complexity index is 474. The number of amides is 1. The smallest absolute Gasteiger partial charge is 0.224 e. The third-order valence-electron chi connectivity index (χ3n) is 4.69. The first-order valence-corrected chi connectivity index (χ1v) is 7.71. The normalized spacial score (nSPS) is 32.1. The molecule has 0 aliphatic heterocycles. The molecule has 4 atom stereocenters. The molecule has 2 aliphatic rings. The molecule has 4 heteroatoms. The van der Waals surface area contributed by atoms with E-state index in [9.17, 15) is 9.90 Å². The Balaban J connectivity index is 1.49. The zero-order valence-electron chi connectivity index (χ0n) is 11.4. The topological polar surface area (TPSA) is 49.3 Å². The lowest BCUT2D eigenvalue weighted by molar-refractivity contribution is -0.117. The fraction of sp³-hybridized carbons (Fsp3) is 0.562. The van der Waals surface area contributed by atoms with Gasteiger partial charge in [0.2, 0.25) is 5.91 Å². The Hall–Kier alpha value is -1.06. The van der Waals surface area contributed by atoms with Crippen LogP contribution in [0, 0.1) is 17.8 Å². The molecule has 20 heavy (non-hydrogen) atoms. The Morgan fingerprint density at radius 1 is 1.15 bits per heavy atom. The van der Waals surface area contributed by atoms with Crippen molar-refractivity contribution in [2.45, 2.75) is 38.2 Å². The van der Waals surface area contributed by atoms with Gasteiger partial charge in [-0.15, -0.1) is 0 Å². The second-order valence-electron chi connectivity index (χ2n) is 6.24. The maximum absolute atomic E-state index is 12.0. The molecule has 2 aliphatic carbocycles. The van der Waals surface area contributed by atoms with E-state index in [4.69, 9.17) is 11.6 Å². The highest BCUT2D eigenvalue weighted by Gasteiger charge is 2.41. The van der Waals surface area contributed by atoms with Crippen molar-refractivity contribution in [3.63, 3.8) is 0 Å². The number of anilines is 1. The van der Waals surface area contributed by atoms with Gasteiger partial charge in [0.15, 0.2) is 0 Å². The van der Waals surface area contributed by atoms with Gasteiger partial charge in [0.1, 0.15) is 0 Å². The lowest BCUT2D eigenvalue weighted by Crippen LogP contribution is -2.16. The van der Waals surface area contributed by atoms with Gasteiger partial charge in [0.05, 0.1) is 6.10 Å². The van der Waals surface area contributed by atoms with Gasteiger partial charge in [-0.1, -0.05) is 11.6 Å². The predicted octanol–water partition coefficient (Wildman–Crippen LogP) is 3.47. The second kappa shape index (κ2) is 5.74. The molecule has 0 heterocycles. The van der Waals surface area contributed by atoms with Crippen LogP contribution in [0.3, 0.4) is 0 Å². The standard InChI is InChI=1S/C16H20ClNO2/c17-13-1-3-14(4-2-13)18-16(20)7-10-5-11-8-15(19)9-12(11)6-10/h1-4,10-12,15,19H,5-9H2,(H,18,20)/t10?,11-,12+,15?. The maximum atomic E-state index is 12.0. The average molecular weight is 294 g/mol. The third kappa shape index (κ3) is 3.15. The van der Waals surface area contributed by atoms with Gasteiger partial charge in [0.25, 0.3) is 0 Å². The molecular weight excluding hydrogens is 274 g/mol. The lowest BCUT2D eigenvalue weighted by atomic mass is 9.99. The number of hydrogen-bond donors (Lipinski definition) is 2. The van der Waals surface area contributed by atoms with Crippen LogP contribution in [0.4, 0.5) is 5.69 Å². The maximum Gasteiger partial charge on any atom is 0.224 e. The third-order valence-corrected chi connectivity index (χ3v) is 4.94. The Morgan fingerprint density at radius 2 is 1.75 bits per heavy atom. The molecule has 1 aromatic carbocycles. The van der Waals surface area contributed by atoms with Crippen molar-refractivity contribution in [1.82, 2.24) is 0 Å². The van der Waals surface area contributed by atoms with Crippen molar-refractivity contribution in [2.75, 3.05) is 5.32 Å². The van der Waals surface area contributed by atoms with Crippen molar-refractivity contribution in [1.29, 1.82) is 0 Å². The molecule has 3 nitrogen and oxygen atoms in total. The first kappa shape index (κ1) is 13.9. The Kier molecular flexibility index (Phi) is 3.99. The van der Waals surface area contributed by atoms with Crippen LogP contribution >= 0.6 is 11.6 Å². The number of hydrogen-bond acceptors (Lipinski definition) is 2. The number of halogens is 1. The van der Waals surface area contributed by atoms with E-state index in [0.29, 0.717) is 29.2 Å². The SMILES string of the molecule is O=C(CC1C[C@H]2CC(O)C[C@H]2C1)Nc1ccc(Cl)cc1. The summed E-state index contributed by atoms with van der Waals surface area (Å²) in [5.41, 5.74) is 0.799. The van der Waals surface area contributed by atoms with Crippen LogP contribution in [0.2, 0.25) is 5.02 Å². The molecule has 1 amide bonds. The summed E-state index contributed by atoms with van der Waals surface area (Å²) in [6, 6.07) is 7.19. The zero-order valence-corrected chi connectivity index (χ0v) is 12.1. The zero-order chi connectivity index (χ0) is 14.1. The number of carbonyl (C=O) groups excluding carboxylic acids is 1. The summed E-state index contributed by atoms with van der Waals surface area (Å²) in [7, 11) is 0. The molecular formula is C16H20ClNO2. The van der Waals surface area contributed by atoms with Crippen LogP contribution in [0.5, 0.6) is 0 Å². The van der Waals surface area contributed by atoms with Gasteiger partial charge in [0, 0.05) is 17.1 Å². The van der Waals surface area contributed by atoms with E-state index >= 15 is 0 Å². The number of nitrogens with one attached hydrogen (secondary N) is 1. The number of aliphatic hydroxyl groups is 1. The Morgan fingerprint density at radius 3 is 2.35 bits per heavy atom. The molecule has 2 unspecified atom stereocenters. The van der Waals surface area contributed by atoms with Gasteiger partial charge in [-0.25, -0.2) is 0 Å².